The summed E-state index contributed by atoms with van der Waals surface area (Å²) < 4.78 is 34.2. The summed E-state index contributed by atoms with van der Waals surface area (Å²) in [5, 5.41) is 8.98. The molecular weight excluding hydrogens is 404 g/mol. The van der Waals surface area contributed by atoms with Gasteiger partial charge in [0.2, 0.25) is 10.0 Å². The van der Waals surface area contributed by atoms with E-state index in [2.05, 4.69) is 5.32 Å². The number of carbonyl (C=O) groups excluding carboxylic acids is 1. The molecule has 7 nitrogen and oxygen atoms in total. The SMILES string of the molecule is COC(=O)c1ccc(C2Nc3c(Cl)cc(S(N)(=O)=O)cc3[C@H]3OCC[C@@H]23)cc1. The van der Waals surface area contributed by atoms with Gasteiger partial charge >= 0.3 is 5.97 Å². The number of carbonyl (C=O) groups is 1. The average Bonchev–Trinajstić information content (AvgIpc) is 3.16. The Labute approximate surface area is 167 Å². The van der Waals surface area contributed by atoms with Crippen LogP contribution in [0.1, 0.15) is 40.1 Å². The number of methoxy groups -OCH3 is 1. The van der Waals surface area contributed by atoms with E-state index in [1.807, 2.05) is 12.1 Å². The van der Waals surface area contributed by atoms with Crippen molar-refractivity contribution >= 4 is 33.3 Å². The number of primary sulfonamides is 1. The van der Waals surface area contributed by atoms with E-state index in [4.69, 9.17) is 26.2 Å². The van der Waals surface area contributed by atoms with Gasteiger partial charge < -0.3 is 14.8 Å². The zero-order valence-electron chi connectivity index (χ0n) is 15.0. The average molecular weight is 423 g/mol. The Bertz CT molecular complexity index is 1040. The van der Waals surface area contributed by atoms with E-state index >= 15 is 0 Å². The lowest BCUT2D eigenvalue weighted by Crippen LogP contribution is -2.30. The van der Waals surface area contributed by atoms with E-state index in [0.717, 1.165) is 12.0 Å². The minimum absolute atomic E-state index is 0.0341. The number of ether oxygens (including phenoxy) is 2. The van der Waals surface area contributed by atoms with Gasteiger partial charge in [-0.3, -0.25) is 0 Å². The number of fused-ring (bicyclic) bond motifs is 3. The van der Waals surface area contributed by atoms with Crippen LogP contribution in [0.5, 0.6) is 0 Å². The van der Waals surface area contributed by atoms with Gasteiger partial charge in [0.25, 0.3) is 0 Å². The first kappa shape index (κ1) is 19.2. The van der Waals surface area contributed by atoms with Crippen LogP contribution in [0.3, 0.4) is 0 Å². The molecule has 28 heavy (non-hydrogen) atoms. The number of esters is 1. The number of rotatable bonds is 3. The van der Waals surface area contributed by atoms with Crippen LogP contribution in [0.25, 0.3) is 0 Å². The summed E-state index contributed by atoms with van der Waals surface area (Å²) in [6.45, 7) is 0.560. The molecule has 0 bridgehead atoms. The molecule has 9 heteroatoms. The molecule has 0 aliphatic carbocycles. The van der Waals surface area contributed by atoms with Crippen molar-refractivity contribution in [2.75, 3.05) is 19.0 Å². The van der Waals surface area contributed by atoms with Crippen molar-refractivity contribution in [3.63, 3.8) is 0 Å². The van der Waals surface area contributed by atoms with Crippen LogP contribution in [-0.4, -0.2) is 28.1 Å². The minimum atomic E-state index is -3.88. The first-order chi connectivity index (χ1) is 13.3. The Morgan fingerprint density at radius 3 is 2.64 bits per heavy atom. The topological polar surface area (TPSA) is 108 Å². The van der Waals surface area contributed by atoms with Crippen molar-refractivity contribution in [1.29, 1.82) is 0 Å². The predicted molar refractivity (Wildman–Crippen MR) is 104 cm³/mol. The first-order valence-corrected chi connectivity index (χ1v) is 10.6. The van der Waals surface area contributed by atoms with Gasteiger partial charge in [-0.05, 0) is 36.2 Å². The molecule has 2 aromatic rings. The monoisotopic (exact) mass is 422 g/mol. The number of hydrogen-bond acceptors (Lipinski definition) is 6. The molecule has 3 atom stereocenters. The molecule has 0 saturated carbocycles. The van der Waals surface area contributed by atoms with Gasteiger partial charge in [0, 0.05) is 18.1 Å². The Morgan fingerprint density at radius 2 is 2.00 bits per heavy atom. The van der Waals surface area contributed by atoms with Crippen LogP contribution < -0.4 is 10.5 Å². The van der Waals surface area contributed by atoms with Crippen molar-refractivity contribution in [3.05, 3.63) is 58.1 Å². The molecule has 0 spiro atoms. The molecule has 4 rings (SSSR count). The van der Waals surface area contributed by atoms with E-state index in [9.17, 15) is 13.2 Å². The highest BCUT2D eigenvalue weighted by atomic mass is 35.5. The number of halogens is 1. The summed E-state index contributed by atoms with van der Waals surface area (Å²) in [5.41, 5.74) is 2.78. The van der Waals surface area contributed by atoms with Gasteiger partial charge in [-0.15, -0.1) is 0 Å². The van der Waals surface area contributed by atoms with Crippen LogP contribution in [0.2, 0.25) is 5.02 Å². The second kappa shape index (κ2) is 7.04. The predicted octanol–water partition coefficient (Wildman–Crippen LogP) is 3.02. The highest BCUT2D eigenvalue weighted by Crippen LogP contribution is 2.52. The fourth-order valence-corrected chi connectivity index (χ4v) is 4.87. The van der Waals surface area contributed by atoms with Gasteiger partial charge in [-0.2, -0.15) is 0 Å². The third-order valence-electron chi connectivity index (χ3n) is 5.29. The van der Waals surface area contributed by atoms with Crippen molar-refractivity contribution < 1.29 is 22.7 Å². The number of hydrogen-bond donors (Lipinski definition) is 2. The summed E-state index contributed by atoms with van der Waals surface area (Å²) in [6.07, 6.45) is 0.512. The van der Waals surface area contributed by atoms with Crippen LogP contribution >= 0.6 is 11.6 Å². The molecule has 2 aliphatic rings. The minimum Gasteiger partial charge on any atom is -0.465 e. The van der Waals surface area contributed by atoms with Gasteiger partial charge in [0.1, 0.15) is 0 Å². The first-order valence-electron chi connectivity index (χ1n) is 8.72. The highest BCUT2D eigenvalue weighted by Gasteiger charge is 2.42. The summed E-state index contributed by atoms with van der Waals surface area (Å²) in [4.78, 5) is 11.6. The smallest absolute Gasteiger partial charge is 0.337 e. The largest absolute Gasteiger partial charge is 0.465 e. The van der Waals surface area contributed by atoms with E-state index in [1.54, 1.807) is 12.1 Å². The maximum Gasteiger partial charge on any atom is 0.337 e. The molecule has 2 heterocycles. The van der Waals surface area contributed by atoms with Crippen molar-refractivity contribution in [2.24, 2.45) is 11.1 Å². The molecule has 1 fully saturated rings. The second-order valence-electron chi connectivity index (χ2n) is 6.89. The number of anilines is 1. The molecule has 2 aliphatic heterocycles. The highest BCUT2D eigenvalue weighted by molar-refractivity contribution is 7.89. The quantitative estimate of drug-likeness (QED) is 0.736. The summed E-state index contributed by atoms with van der Waals surface area (Å²) >= 11 is 6.38. The summed E-state index contributed by atoms with van der Waals surface area (Å²) in [5.74, 6) is -0.308. The van der Waals surface area contributed by atoms with Crippen LogP contribution in [0.4, 0.5) is 5.69 Å². The van der Waals surface area contributed by atoms with Gasteiger partial charge in [0.05, 0.1) is 40.4 Å². The normalized spacial score (nSPS) is 23.5. The Hall–Kier alpha value is -2.13. The van der Waals surface area contributed by atoms with Crippen molar-refractivity contribution in [1.82, 2.24) is 0 Å². The third kappa shape index (κ3) is 3.26. The molecule has 1 unspecified atom stereocenters. The Kier molecular flexibility index (Phi) is 4.83. The molecule has 0 amide bonds. The van der Waals surface area contributed by atoms with Crippen molar-refractivity contribution in [2.45, 2.75) is 23.5 Å². The molecule has 2 aromatic carbocycles. The van der Waals surface area contributed by atoms with Crippen LogP contribution in [0, 0.1) is 5.92 Å². The maximum absolute atomic E-state index is 11.8. The Balaban J connectivity index is 1.75. The second-order valence-corrected chi connectivity index (χ2v) is 8.86. The molecule has 148 valence electrons. The van der Waals surface area contributed by atoms with E-state index in [-0.39, 0.29) is 28.0 Å². The number of benzene rings is 2. The molecule has 1 saturated heterocycles. The number of nitrogens with two attached hydrogens (primary N) is 1. The zero-order valence-corrected chi connectivity index (χ0v) is 16.6. The fraction of sp³-hybridized carbons (Fsp3) is 0.316. The van der Waals surface area contributed by atoms with Crippen LogP contribution in [-0.2, 0) is 19.5 Å². The fourth-order valence-electron chi connectivity index (χ4n) is 3.95. The van der Waals surface area contributed by atoms with Gasteiger partial charge in [-0.25, -0.2) is 18.4 Å². The van der Waals surface area contributed by atoms with E-state index in [0.29, 0.717) is 23.4 Å². The Morgan fingerprint density at radius 1 is 1.29 bits per heavy atom. The molecule has 0 aromatic heterocycles. The maximum atomic E-state index is 11.8. The van der Waals surface area contributed by atoms with E-state index < -0.39 is 16.0 Å². The molecule has 3 N–H and O–H groups in total. The lowest BCUT2D eigenvalue weighted by Gasteiger charge is -2.37. The summed E-state index contributed by atoms with van der Waals surface area (Å²) in [6, 6.07) is 9.96. The zero-order chi connectivity index (χ0) is 20.1. The van der Waals surface area contributed by atoms with E-state index in [1.165, 1.54) is 19.2 Å². The summed E-state index contributed by atoms with van der Waals surface area (Å²) in [7, 11) is -2.54. The lowest BCUT2D eigenvalue weighted by molar-refractivity contribution is 0.0600. The standard InChI is InChI=1S/C19H19ClN2O5S/c1-26-19(23)11-4-2-10(3-5-11)16-13-6-7-27-18(13)14-8-12(28(21,24)25)9-15(20)17(14)22-16/h2-5,8-9,13,16,18,22H,6-7H2,1H3,(H2,21,24,25)/t13-,16?,18-/m0/s1. The number of nitrogens with one attached hydrogen (secondary N) is 1. The lowest BCUT2D eigenvalue weighted by atomic mass is 9.81. The van der Waals surface area contributed by atoms with Crippen molar-refractivity contribution in [3.8, 4) is 0 Å². The molecular formula is C19H19ClN2O5S. The van der Waals surface area contributed by atoms with Gasteiger partial charge in [-0.1, -0.05) is 23.7 Å². The number of sulfonamides is 1. The molecule has 0 radical (unpaired) electrons. The van der Waals surface area contributed by atoms with Crippen LogP contribution in [0.15, 0.2) is 41.3 Å². The van der Waals surface area contributed by atoms with Gasteiger partial charge in [0.15, 0.2) is 0 Å². The third-order valence-corrected chi connectivity index (χ3v) is 6.48.